The van der Waals surface area contributed by atoms with E-state index in [0.29, 0.717) is 18.0 Å². The zero-order chi connectivity index (χ0) is 25.8. The van der Waals surface area contributed by atoms with Crippen molar-refractivity contribution in [2.24, 2.45) is 5.92 Å². The van der Waals surface area contributed by atoms with Gasteiger partial charge < -0.3 is 10.1 Å². The van der Waals surface area contributed by atoms with Gasteiger partial charge in [0.1, 0.15) is 10.6 Å². The highest BCUT2D eigenvalue weighted by molar-refractivity contribution is 7.92. The van der Waals surface area contributed by atoms with Crippen LogP contribution in [0.15, 0.2) is 65.6 Å². The van der Waals surface area contributed by atoms with Crippen LogP contribution in [0.4, 0.5) is 5.69 Å². The van der Waals surface area contributed by atoms with Gasteiger partial charge in [0.15, 0.2) is 0 Å². The van der Waals surface area contributed by atoms with E-state index in [2.05, 4.69) is 23.9 Å². The summed E-state index contributed by atoms with van der Waals surface area (Å²) in [5.74, 6) is 0.670. The molecule has 0 spiro atoms. The number of nitrogens with one attached hydrogen (secondary N) is 2. The molecule has 0 saturated carbocycles. The van der Waals surface area contributed by atoms with Gasteiger partial charge in [0.25, 0.3) is 15.9 Å². The highest BCUT2D eigenvalue weighted by Crippen LogP contribution is 2.28. The Hall–Kier alpha value is -3.03. The number of ether oxygens (including phenoxy) is 1. The van der Waals surface area contributed by atoms with Crippen molar-refractivity contribution in [2.75, 3.05) is 11.8 Å². The number of anilines is 1. The average Bonchev–Trinajstić information content (AvgIpc) is 2.80. The Labute approximate surface area is 212 Å². The number of methoxy groups -OCH3 is 1. The molecule has 0 aliphatic rings. The first-order chi connectivity index (χ1) is 16.5. The number of sulfonamides is 1. The molecule has 0 radical (unpaired) electrons. The van der Waals surface area contributed by atoms with Gasteiger partial charge in [-0.3, -0.25) is 9.52 Å². The predicted molar refractivity (Wildman–Crippen MR) is 141 cm³/mol. The SMILES string of the molecule is COc1ccc([C@H](CC(C)C)NC(=O)c2ccc(Cl)c(S(=O)(=O)Nc3ccc(C)c(C)c3)c2)cc1. The van der Waals surface area contributed by atoms with E-state index in [1.807, 2.05) is 44.2 Å². The largest absolute Gasteiger partial charge is 0.497 e. The molecule has 0 heterocycles. The third-order valence-corrected chi connectivity index (χ3v) is 7.64. The van der Waals surface area contributed by atoms with Crippen LogP contribution in [0.25, 0.3) is 0 Å². The second-order valence-electron chi connectivity index (χ2n) is 8.98. The smallest absolute Gasteiger partial charge is 0.263 e. The van der Waals surface area contributed by atoms with Crippen molar-refractivity contribution in [1.29, 1.82) is 0 Å². The number of rotatable bonds is 9. The molecule has 0 aliphatic carbocycles. The minimum Gasteiger partial charge on any atom is -0.497 e. The van der Waals surface area contributed by atoms with Crippen molar-refractivity contribution >= 4 is 33.2 Å². The molecule has 0 unspecified atom stereocenters. The van der Waals surface area contributed by atoms with Crippen LogP contribution < -0.4 is 14.8 Å². The maximum Gasteiger partial charge on any atom is 0.263 e. The lowest BCUT2D eigenvalue weighted by molar-refractivity contribution is 0.0931. The number of aryl methyl sites for hydroxylation is 2. The number of carbonyl (C=O) groups is 1. The zero-order valence-corrected chi connectivity index (χ0v) is 22.1. The third kappa shape index (κ3) is 6.77. The van der Waals surface area contributed by atoms with Crippen LogP contribution in [-0.4, -0.2) is 21.4 Å². The normalized spacial score (nSPS) is 12.3. The molecule has 3 rings (SSSR count). The Balaban J connectivity index is 1.87. The van der Waals surface area contributed by atoms with Gasteiger partial charge in [0.2, 0.25) is 0 Å². The highest BCUT2D eigenvalue weighted by Gasteiger charge is 2.23. The summed E-state index contributed by atoms with van der Waals surface area (Å²) in [5, 5.41) is 3.08. The number of hydrogen-bond acceptors (Lipinski definition) is 4. The molecule has 3 aromatic carbocycles. The van der Waals surface area contributed by atoms with Gasteiger partial charge in [-0.05, 0) is 85.3 Å². The topological polar surface area (TPSA) is 84.5 Å². The van der Waals surface area contributed by atoms with Crippen LogP contribution in [0.3, 0.4) is 0 Å². The average molecular weight is 515 g/mol. The second kappa shape index (κ2) is 11.1. The molecule has 2 N–H and O–H groups in total. The van der Waals surface area contributed by atoms with Gasteiger partial charge in [0.05, 0.1) is 18.2 Å². The van der Waals surface area contributed by atoms with Crippen LogP contribution in [0.1, 0.15) is 53.4 Å². The lowest BCUT2D eigenvalue weighted by Gasteiger charge is -2.22. The monoisotopic (exact) mass is 514 g/mol. The molecular formula is C27H31ClN2O4S. The Bertz CT molecular complexity index is 1310. The van der Waals surface area contributed by atoms with Gasteiger partial charge in [-0.15, -0.1) is 0 Å². The number of amides is 1. The fourth-order valence-corrected chi connectivity index (χ4v) is 5.27. The van der Waals surface area contributed by atoms with E-state index in [4.69, 9.17) is 16.3 Å². The second-order valence-corrected chi connectivity index (χ2v) is 11.0. The Kier molecular flexibility index (Phi) is 8.46. The van der Waals surface area contributed by atoms with E-state index >= 15 is 0 Å². The number of hydrogen-bond donors (Lipinski definition) is 2. The number of benzene rings is 3. The molecule has 8 heteroatoms. The molecule has 35 heavy (non-hydrogen) atoms. The number of halogens is 1. The molecule has 3 aromatic rings. The van der Waals surface area contributed by atoms with Gasteiger partial charge >= 0.3 is 0 Å². The van der Waals surface area contributed by atoms with Gasteiger partial charge in [-0.1, -0.05) is 43.6 Å². The molecule has 1 amide bonds. The maximum absolute atomic E-state index is 13.2. The van der Waals surface area contributed by atoms with E-state index in [-0.39, 0.29) is 27.4 Å². The van der Waals surface area contributed by atoms with Crippen LogP contribution in [0.5, 0.6) is 5.75 Å². The fraction of sp³-hybridized carbons (Fsp3) is 0.296. The first kappa shape index (κ1) is 26.6. The zero-order valence-electron chi connectivity index (χ0n) is 20.6. The first-order valence-electron chi connectivity index (χ1n) is 11.3. The van der Waals surface area contributed by atoms with Gasteiger partial charge in [-0.2, -0.15) is 0 Å². The van der Waals surface area contributed by atoms with E-state index in [9.17, 15) is 13.2 Å². The van der Waals surface area contributed by atoms with Crippen molar-refractivity contribution in [2.45, 2.75) is 45.1 Å². The molecule has 0 aromatic heterocycles. The first-order valence-corrected chi connectivity index (χ1v) is 13.2. The number of carbonyl (C=O) groups excluding carboxylic acids is 1. The Morgan fingerprint density at radius 3 is 2.26 bits per heavy atom. The van der Waals surface area contributed by atoms with E-state index in [0.717, 1.165) is 22.4 Å². The van der Waals surface area contributed by atoms with Crippen molar-refractivity contribution in [3.63, 3.8) is 0 Å². The summed E-state index contributed by atoms with van der Waals surface area (Å²) < 4.78 is 34.0. The highest BCUT2D eigenvalue weighted by atomic mass is 35.5. The third-order valence-electron chi connectivity index (χ3n) is 5.77. The lowest BCUT2D eigenvalue weighted by Crippen LogP contribution is -2.29. The molecule has 0 aliphatic heterocycles. The lowest BCUT2D eigenvalue weighted by atomic mass is 9.96. The molecule has 6 nitrogen and oxygen atoms in total. The molecule has 0 saturated heterocycles. The summed E-state index contributed by atoms with van der Waals surface area (Å²) in [4.78, 5) is 13.0. The molecule has 0 fully saturated rings. The quantitative estimate of drug-likeness (QED) is 0.351. The summed E-state index contributed by atoms with van der Waals surface area (Å²) in [7, 11) is -2.41. The minimum atomic E-state index is -4.01. The van der Waals surface area contributed by atoms with Crippen LogP contribution in [0.2, 0.25) is 5.02 Å². The van der Waals surface area contributed by atoms with Crippen molar-refractivity contribution in [1.82, 2.24) is 5.32 Å². The maximum atomic E-state index is 13.2. The summed E-state index contributed by atoms with van der Waals surface area (Å²) in [6.45, 7) is 8.01. The van der Waals surface area contributed by atoms with Gasteiger partial charge in [0, 0.05) is 11.3 Å². The van der Waals surface area contributed by atoms with Crippen LogP contribution in [-0.2, 0) is 10.0 Å². The molecule has 186 valence electrons. The molecule has 0 bridgehead atoms. The van der Waals surface area contributed by atoms with Crippen LogP contribution >= 0.6 is 11.6 Å². The summed E-state index contributed by atoms with van der Waals surface area (Å²) in [6, 6.07) is 16.8. The predicted octanol–water partition coefficient (Wildman–Crippen LogP) is 6.28. The Morgan fingerprint density at radius 1 is 0.971 bits per heavy atom. The van der Waals surface area contributed by atoms with E-state index < -0.39 is 10.0 Å². The molecule has 1 atom stereocenters. The molecular weight excluding hydrogens is 484 g/mol. The minimum absolute atomic E-state index is 0.0340. The summed E-state index contributed by atoms with van der Waals surface area (Å²) in [6.07, 6.45) is 0.713. The standard InChI is InChI=1S/C27H31ClN2O4S/c1-17(2)14-25(20-7-11-23(34-5)12-8-20)29-27(31)21-9-13-24(28)26(16-21)35(32,33)30-22-10-6-18(3)19(4)15-22/h6-13,15-17,25,30H,14H2,1-5H3,(H,29,31)/t25-/m0/s1. The van der Waals surface area contributed by atoms with Crippen LogP contribution in [0, 0.1) is 19.8 Å². The summed E-state index contributed by atoms with van der Waals surface area (Å²) >= 11 is 6.24. The van der Waals surface area contributed by atoms with Crippen molar-refractivity contribution < 1.29 is 17.9 Å². The van der Waals surface area contributed by atoms with E-state index in [1.165, 1.54) is 18.2 Å². The van der Waals surface area contributed by atoms with E-state index in [1.54, 1.807) is 19.2 Å². The van der Waals surface area contributed by atoms with Gasteiger partial charge in [-0.25, -0.2) is 8.42 Å². The van der Waals surface area contributed by atoms with Crippen molar-refractivity contribution in [3.05, 3.63) is 87.9 Å². The summed E-state index contributed by atoms with van der Waals surface area (Å²) in [5.41, 5.74) is 3.58. The fourth-order valence-electron chi connectivity index (χ4n) is 3.69. The Morgan fingerprint density at radius 2 is 1.66 bits per heavy atom. The van der Waals surface area contributed by atoms with Crippen molar-refractivity contribution in [3.8, 4) is 5.75 Å².